The average molecular weight is 190 g/mol. The van der Waals surface area contributed by atoms with E-state index in [-0.39, 0.29) is 0 Å². The molecule has 2 heteroatoms. The Morgan fingerprint density at radius 1 is 1.43 bits per heavy atom. The summed E-state index contributed by atoms with van der Waals surface area (Å²) >= 11 is 0. The molecule has 1 atom stereocenters. The van der Waals surface area contributed by atoms with Crippen LogP contribution in [0.4, 0.5) is 0 Å². The van der Waals surface area contributed by atoms with E-state index in [0.717, 1.165) is 12.5 Å². The van der Waals surface area contributed by atoms with Crippen molar-refractivity contribution in [3.8, 4) is 0 Å². The largest absolute Gasteiger partial charge is 0.373 e. The van der Waals surface area contributed by atoms with E-state index in [1.165, 1.54) is 31.6 Å². The zero-order chi connectivity index (χ0) is 9.76. The quantitative estimate of drug-likeness (QED) is 0.537. The summed E-state index contributed by atoms with van der Waals surface area (Å²) in [5, 5.41) is 3.31. The number of allylic oxidation sites excluding steroid dienone is 1. The molecule has 76 valence electrons. The maximum absolute atomic E-state index is 4.15. The molecule has 2 aliphatic heterocycles. The first-order chi connectivity index (χ1) is 6.72. The van der Waals surface area contributed by atoms with Crippen LogP contribution in [0.1, 0.15) is 12.8 Å². The van der Waals surface area contributed by atoms with Gasteiger partial charge in [-0.3, -0.25) is 0 Å². The van der Waals surface area contributed by atoms with Gasteiger partial charge in [-0.1, -0.05) is 12.7 Å². The van der Waals surface area contributed by atoms with E-state index in [2.05, 4.69) is 29.5 Å². The molecule has 1 saturated carbocycles. The van der Waals surface area contributed by atoms with Crippen molar-refractivity contribution in [3.63, 3.8) is 0 Å². The lowest BCUT2D eigenvalue weighted by Gasteiger charge is -2.60. The molecule has 1 aliphatic carbocycles. The number of hydrogen-bond donors (Lipinski definition) is 1. The lowest BCUT2D eigenvalue weighted by molar-refractivity contribution is -0.0638. The lowest BCUT2D eigenvalue weighted by atomic mass is 9.57. The summed E-state index contributed by atoms with van der Waals surface area (Å²) in [6, 6.07) is 0.600. The summed E-state index contributed by atoms with van der Waals surface area (Å²) in [5.41, 5.74) is 1.97. The SMILES string of the molecule is C=CC1CC2(C1)CN(C(=C)C1CN1)C2. The second-order valence-corrected chi connectivity index (χ2v) is 5.21. The first-order valence-corrected chi connectivity index (χ1v) is 5.52. The van der Waals surface area contributed by atoms with E-state index in [1.54, 1.807) is 0 Å². The van der Waals surface area contributed by atoms with Crippen LogP contribution in [-0.2, 0) is 0 Å². The molecular weight excluding hydrogens is 172 g/mol. The molecule has 14 heavy (non-hydrogen) atoms. The van der Waals surface area contributed by atoms with Gasteiger partial charge in [0.05, 0.1) is 6.04 Å². The highest BCUT2D eigenvalue weighted by atomic mass is 15.3. The molecule has 2 saturated heterocycles. The highest BCUT2D eigenvalue weighted by Gasteiger charge is 2.52. The molecular formula is C12H18N2. The van der Waals surface area contributed by atoms with E-state index in [1.807, 2.05) is 0 Å². The fourth-order valence-electron chi connectivity index (χ4n) is 2.96. The van der Waals surface area contributed by atoms with Crippen LogP contribution in [0.25, 0.3) is 0 Å². The van der Waals surface area contributed by atoms with Gasteiger partial charge in [0.15, 0.2) is 0 Å². The third-order valence-electron chi connectivity index (χ3n) is 3.99. The Kier molecular flexibility index (Phi) is 1.61. The smallest absolute Gasteiger partial charge is 0.0593 e. The van der Waals surface area contributed by atoms with Gasteiger partial charge >= 0.3 is 0 Å². The summed E-state index contributed by atoms with van der Waals surface area (Å²) in [7, 11) is 0. The van der Waals surface area contributed by atoms with Crippen LogP contribution in [0.2, 0.25) is 0 Å². The number of rotatable bonds is 3. The summed E-state index contributed by atoms with van der Waals surface area (Å²) in [6.07, 6.45) is 4.84. The minimum Gasteiger partial charge on any atom is -0.373 e. The van der Waals surface area contributed by atoms with Gasteiger partial charge in [-0.25, -0.2) is 0 Å². The number of nitrogens with zero attached hydrogens (tertiary/aromatic N) is 1. The van der Waals surface area contributed by atoms with Crippen molar-refractivity contribution in [2.45, 2.75) is 18.9 Å². The normalized spacial score (nSPS) is 33.4. The molecule has 3 rings (SSSR count). The Balaban J connectivity index is 1.51. The molecule has 2 heterocycles. The van der Waals surface area contributed by atoms with Crippen molar-refractivity contribution in [1.82, 2.24) is 10.2 Å². The van der Waals surface area contributed by atoms with Gasteiger partial charge < -0.3 is 10.2 Å². The number of nitrogens with one attached hydrogen (secondary N) is 1. The molecule has 3 fully saturated rings. The molecule has 0 bridgehead atoms. The van der Waals surface area contributed by atoms with Crippen LogP contribution in [0, 0.1) is 11.3 Å². The molecule has 2 nitrogen and oxygen atoms in total. The summed E-state index contributed by atoms with van der Waals surface area (Å²) in [5.74, 6) is 0.796. The second-order valence-electron chi connectivity index (χ2n) is 5.21. The van der Waals surface area contributed by atoms with Crippen molar-refractivity contribution in [2.75, 3.05) is 19.6 Å². The summed E-state index contributed by atoms with van der Waals surface area (Å²) < 4.78 is 0. The fourth-order valence-corrected chi connectivity index (χ4v) is 2.96. The van der Waals surface area contributed by atoms with Gasteiger partial charge in [0.2, 0.25) is 0 Å². The number of hydrogen-bond acceptors (Lipinski definition) is 2. The molecule has 1 spiro atoms. The van der Waals surface area contributed by atoms with E-state index in [4.69, 9.17) is 0 Å². The van der Waals surface area contributed by atoms with Crippen molar-refractivity contribution in [1.29, 1.82) is 0 Å². The van der Waals surface area contributed by atoms with Crippen LogP contribution in [0.5, 0.6) is 0 Å². The predicted molar refractivity (Wildman–Crippen MR) is 57.9 cm³/mol. The third-order valence-corrected chi connectivity index (χ3v) is 3.99. The van der Waals surface area contributed by atoms with Crippen molar-refractivity contribution in [2.24, 2.45) is 11.3 Å². The molecule has 0 amide bonds. The van der Waals surface area contributed by atoms with Crippen molar-refractivity contribution >= 4 is 0 Å². The topological polar surface area (TPSA) is 25.2 Å². The zero-order valence-electron chi connectivity index (χ0n) is 8.63. The Hall–Kier alpha value is -0.760. The lowest BCUT2D eigenvalue weighted by Crippen LogP contribution is -2.61. The van der Waals surface area contributed by atoms with Crippen molar-refractivity contribution in [3.05, 3.63) is 24.9 Å². The number of likely N-dealkylation sites (tertiary alicyclic amines) is 1. The van der Waals surface area contributed by atoms with Crippen LogP contribution < -0.4 is 5.32 Å². The molecule has 0 aromatic carbocycles. The Morgan fingerprint density at radius 2 is 2.07 bits per heavy atom. The van der Waals surface area contributed by atoms with Gasteiger partial charge in [0, 0.05) is 30.7 Å². The van der Waals surface area contributed by atoms with Gasteiger partial charge in [0.25, 0.3) is 0 Å². The van der Waals surface area contributed by atoms with E-state index in [0.29, 0.717) is 11.5 Å². The Labute approximate surface area is 85.7 Å². The molecule has 3 aliphatic rings. The van der Waals surface area contributed by atoms with E-state index in [9.17, 15) is 0 Å². The van der Waals surface area contributed by atoms with Crippen LogP contribution in [0.3, 0.4) is 0 Å². The maximum atomic E-state index is 4.15. The van der Waals surface area contributed by atoms with Crippen LogP contribution in [0.15, 0.2) is 24.9 Å². The van der Waals surface area contributed by atoms with Gasteiger partial charge in [0.1, 0.15) is 0 Å². The first-order valence-electron chi connectivity index (χ1n) is 5.52. The summed E-state index contributed by atoms with van der Waals surface area (Å²) in [6.45, 7) is 11.6. The van der Waals surface area contributed by atoms with Gasteiger partial charge in [-0.05, 0) is 18.8 Å². The highest BCUT2D eigenvalue weighted by Crippen LogP contribution is 2.53. The average Bonchev–Trinajstić information content (AvgIpc) is 2.81. The minimum atomic E-state index is 0.600. The molecule has 0 aromatic heterocycles. The Bertz CT molecular complexity index is 277. The fraction of sp³-hybridized carbons (Fsp3) is 0.667. The van der Waals surface area contributed by atoms with Gasteiger partial charge in [-0.2, -0.15) is 0 Å². The monoisotopic (exact) mass is 190 g/mol. The second kappa shape index (κ2) is 2.63. The maximum Gasteiger partial charge on any atom is 0.0593 e. The molecule has 0 radical (unpaired) electrons. The predicted octanol–water partition coefficient (Wildman–Crippen LogP) is 1.37. The Morgan fingerprint density at radius 3 is 2.57 bits per heavy atom. The standard InChI is InChI=1S/C12H18N2/c1-3-10-4-12(5-10)7-14(8-12)9(2)11-6-13-11/h3,10-11,13H,1-2,4-8H2. The molecule has 1 N–H and O–H groups in total. The van der Waals surface area contributed by atoms with Crippen molar-refractivity contribution < 1.29 is 0 Å². The summed E-state index contributed by atoms with van der Waals surface area (Å²) in [4.78, 5) is 2.45. The zero-order valence-corrected chi connectivity index (χ0v) is 8.63. The van der Waals surface area contributed by atoms with E-state index >= 15 is 0 Å². The van der Waals surface area contributed by atoms with Gasteiger partial charge in [-0.15, -0.1) is 6.58 Å². The minimum absolute atomic E-state index is 0.600. The highest BCUT2D eigenvalue weighted by molar-refractivity contribution is 5.20. The first kappa shape index (κ1) is 8.54. The van der Waals surface area contributed by atoms with Crippen LogP contribution in [-0.4, -0.2) is 30.6 Å². The molecule has 1 unspecified atom stereocenters. The van der Waals surface area contributed by atoms with Crippen LogP contribution >= 0.6 is 0 Å². The molecule has 0 aromatic rings. The van der Waals surface area contributed by atoms with E-state index < -0.39 is 0 Å². The third kappa shape index (κ3) is 1.13.